The minimum absolute atomic E-state index is 0.238. The summed E-state index contributed by atoms with van der Waals surface area (Å²) in [5, 5.41) is 6.26. The molecule has 0 spiro atoms. The number of anilines is 1. The van der Waals surface area contributed by atoms with Gasteiger partial charge in [0.25, 0.3) is 0 Å². The standard InChI is InChI=1S/C24H22FN3O5/c1-31-20-6-4-3-5-19(20)27-23(29)24(30)28-26-14-17-9-12-21(22(13-17)32-2)33-15-16-7-10-18(25)11-8-16/h3-14H,15H2,1-2H3,(H,27,29)(H,28,30)/b26-14+. The van der Waals surface area contributed by atoms with Crippen LogP contribution in [-0.4, -0.2) is 32.2 Å². The van der Waals surface area contributed by atoms with Crippen LogP contribution in [0.25, 0.3) is 0 Å². The molecular weight excluding hydrogens is 429 g/mol. The van der Waals surface area contributed by atoms with Crippen LogP contribution < -0.4 is 25.0 Å². The minimum Gasteiger partial charge on any atom is -0.495 e. The van der Waals surface area contributed by atoms with Crippen molar-refractivity contribution < 1.29 is 28.2 Å². The topological polar surface area (TPSA) is 98.2 Å². The van der Waals surface area contributed by atoms with Crippen molar-refractivity contribution in [2.75, 3.05) is 19.5 Å². The number of nitrogens with zero attached hydrogens (tertiary/aromatic N) is 1. The second-order valence-electron chi connectivity index (χ2n) is 6.68. The van der Waals surface area contributed by atoms with E-state index in [9.17, 15) is 14.0 Å². The van der Waals surface area contributed by atoms with Crippen molar-refractivity contribution in [3.8, 4) is 17.2 Å². The van der Waals surface area contributed by atoms with Crippen LogP contribution >= 0.6 is 0 Å². The molecule has 0 unspecified atom stereocenters. The second kappa shape index (κ2) is 11.3. The average Bonchev–Trinajstić information content (AvgIpc) is 2.84. The van der Waals surface area contributed by atoms with Crippen molar-refractivity contribution in [1.82, 2.24) is 5.43 Å². The Kier molecular flexibility index (Phi) is 7.96. The Balaban J connectivity index is 1.57. The molecule has 0 aliphatic rings. The van der Waals surface area contributed by atoms with Crippen LogP contribution in [0.3, 0.4) is 0 Å². The van der Waals surface area contributed by atoms with E-state index in [0.29, 0.717) is 28.5 Å². The highest BCUT2D eigenvalue weighted by atomic mass is 19.1. The number of hydrogen-bond acceptors (Lipinski definition) is 6. The fourth-order valence-corrected chi connectivity index (χ4v) is 2.77. The summed E-state index contributed by atoms with van der Waals surface area (Å²) in [4.78, 5) is 24.1. The summed E-state index contributed by atoms with van der Waals surface area (Å²) in [7, 11) is 2.95. The van der Waals surface area contributed by atoms with Crippen LogP contribution in [0.2, 0.25) is 0 Å². The molecule has 0 bridgehead atoms. The lowest BCUT2D eigenvalue weighted by Gasteiger charge is -2.11. The molecule has 0 aliphatic carbocycles. The van der Waals surface area contributed by atoms with Crippen molar-refractivity contribution in [1.29, 1.82) is 0 Å². The van der Waals surface area contributed by atoms with Crippen molar-refractivity contribution in [2.24, 2.45) is 5.10 Å². The highest BCUT2D eigenvalue weighted by Crippen LogP contribution is 2.28. The smallest absolute Gasteiger partial charge is 0.329 e. The maximum atomic E-state index is 13.0. The van der Waals surface area contributed by atoms with Gasteiger partial charge in [-0.15, -0.1) is 0 Å². The molecule has 2 N–H and O–H groups in total. The zero-order valence-corrected chi connectivity index (χ0v) is 18.0. The molecule has 33 heavy (non-hydrogen) atoms. The van der Waals surface area contributed by atoms with Gasteiger partial charge in [0.15, 0.2) is 11.5 Å². The Bertz CT molecular complexity index is 1150. The van der Waals surface area contributed by atoms with Crippen LogP contribution in [0, 0.1) is 5.82 Å². The number of carbonyl (C=O) groups excluding carboxylic acids is 2. The number of benzene rings is 3. The van der Waals surface area contributed by atoms with Crippen LogP contribution in [0.4, 0.5) is 10.1 Å². The average molecular weight is 451 g/mol. The van der Waals surface area contributed by atoms with Crippen LogP contribution in [-0.2, 0) is 16.2 Å². The first-order chi connectivity index (χ1) is 16.0. The lowest BCUT2D eigenvalue weighted by Crippen LogP contribution is -2.32. The van der Waals surface area contributed by atoms with E-state index < -0.39 is 11.8 Å². The number of hydrazone groups is 1. The van der Waals surface area contributed by atoms with Gasteiger partial charge in [-0.3, -0.25) is 9.59 Å². The molecule has 9 heteroatoms. The van der Waals surface area contributed by atoms with E-state index in [1.54, 1.807) is 54.6 Å². The largest absolute Gasteiger partial charge is 0.495 e. The lowest BCUT2D eigenvalue weighted by molar-refractivity contribution is -0.136. The van der Waals surface area contributed by atoms with E-state index in [2.05, 4.69) is 15.8 Å². The molecule has 0 radical (unpaired) electrons. The molecule has 0 saturated heterocycles. The van der Waals surface area contributed by atoms with Gasteiger partial charge >= 0.3 is 11.8 Å². The number of hydrogen-bond donors (Lipinski definition) is 2. The summed E-state index contributed by atoms with van der Waals surface area (Å²) < 4.78 is 29.2. The summed E-state index contributed by atoms with van der Waals surface area (Å²) in [6.07, 6.45) is 1.36. The van der Waals surface area contributed by atoms with Crippen molar-refractivity contribution in [3.05, 3.63) is 83.7 Å². The summed E-state index contributed by atoms with van der Waals surface area (Å²) in [6.45, 7) is 0.238. The summed E-state index contributed by atoms with van der Waals surface area (Å²) in [5.41, 5.74) is 3.94. The van der Waals surface area contributed by atoms with Crippen molar-refractivity contribution >= 4 is 23.7 Å². The van der Waals surface area contributed by atoms with Gasteiger partial charge in [-0.1, -0.05) is 24.3 Å². The Hall–Kier alpha value is -4.40. The predicted octanol–water partition coefficient (Wildman–Crippen LogP) is 3.51. The first kappa shape index (κ1) is 23.3. The molecule has 0 aromatic heterocycles. The summed E-state index contributed by atoms with van der Waals surface area (Å²) >= 11 is 0. The third kappa shape index (κ3) is 6.54. The van der Waals surface area contributed by atoms with Crippen molar-refractivity contribution in [3.63, 3.8) is 0 Å². The molecule has 170 valence electrons. The minimum atomic E-state index is -0.941. The third-order valence-corrected chi connectivity index (χ3v) is 4.44. The molecule has 0 fully saturated rings. The molecule has 0 atom stereocenters. The Morgan fingerprint density at radius 2 is 1.64 bits per heavy atom. The molecule has 0 aliphatic heterocycles. The van der Waals surface area contributed by atoms with E-state index in [1.807, 2.05) is 0 Å². The molecule has 3 rings (SSSR count). The number of nitrogens with one attached hydrogen (secondary N) is 2. The number of amides is 2. The number of carbonyl (C=O) groups is 2. The quantitative estimate of drug-likeness (QED) is 0.310. The summed E-state index contributed by atoms with van der Waals surface area (Å²) in [6, 6.07) is 17.7. The van der Waals surface area contributed by atoms with Crippen LogP contribution in [0.1, 0.15) is 11.1 Å². The SMILES string of the molecule is COc1ccccc1NC(=O)C(=O)N/N=C/c1ccc(OCc2ccc(F)cc2)c(OC)c1. The van der Waals surface area contributed by atoms with Gasteiger partial charge < -0.3 is 19.5 Å². The van der Waals surface area contributed by atoms with Crippen molar-refractivity contribution in [2.45, 2.75) is 6.61 Å². The van der Waals surface area contributed by atoms with Gasteiger partial charge in [0.1, 0.15) is 18.2 Å². The van der Waals surface area contributed by atoms with Crippen LogP contribution in [0.5, 0.6) is 17.2 Å². The van der Waals surface area contributed by atoms with E-state index in [4.69, 9.17) is 14.2 Å². The Morgan fingerprint density at radius 3 is 2.36 bits per heavy atom. The Morgan fingerprint density at radius 1 is 0.909 bits per heavy atom. The fraction of sp³-hybridized carbons (Fsp3) is 0.125. The van der Waals surface area contributed by atoms with Gasteiger partial charge in [-0.05, 0) is 53.6 Å². The monoisotopic (exact) mass is 451 g/mol. The Labute approximate surface area is 190 Å². The van der Waals surface area contributed by atoms with Gasteiger partial charge in [0.05, 0.1) is 26.1 Å². The first-order valence-corrected chi connectivity index (χ1v) is 9.83. The number of para-hydroxylation sites is 2. The number of methoxy groups -OCH3 is 2. The van der Waals surface area contributed by atoms with Gasteiger partial charge in [-0.25, -0.2) is 9.82 Å². The molecule has 0 saturated carbocycles. The van der Waals surface area contributed by atoms with Gasteiger partial charge in [0, 0.05) is 0 Å². The molecule has 2 amide bonds. The molecule has 3 aromatic carbocycles. The van der Waals surface area contributed by atoms with E-state index in [1.165, 1.54) is 32.6 Å². The summed E-state index contributed by atoms with van der Waals surface area (Å²) in [5.74, 6) is -0.789. The fourth-order valence-electron chi connectivity index (χ4n) is 2.77. The maximum Gasteiger partial charge on any atom is 0.329 e. The highest BCUT2D eigenvalue weighted by Gasteiger charge is 2.15. The number of rotatable bonds is 8. The first-order valence-electron chi connectivity index (χ1n) is 9.83. The third-order valence-electron chi connectivity index (χ3n) is 4.44. The normalized spacial score (nSPS) is 10.5. The second-order valence-corrected chi connectivity index (χ2v) is 6.68. The van der Waals surface area contributed by atoms with E-state index in [-0.39, 0.29) is 12.4 Å². The molecule has 3 aromatic rings. The highest BCUT2D eigenvalue weighted by molar-refractivity contribution is 6.39. The van der Waals surface area contributed by atoms with Gasteiger partial charge in [-0.2, -0.15) is 5.10 Å². The zero-order chi connectivity index (χ0) is 23.6. The zero-order valence-electron chi connectivity index (χ0n) is 18.0. The van der Waals surface area contributed by atoms with E-state index in [0.717, 1.165) is 5.56 Å². The number of ether oxygens (including phenoxy) is 3. The van der Waals surface area contributed by atoms with Gasteiger partial charge in [0.2, 0.25) is 0 Å². The number of halogens is 1. The van der Waals surface area contributed by atoms with Crippen LogP contribution in [0.15, 0.2) is 71.8 Å². The maximum absolute atomic E-state index is 13.0. The lowest BCUT2D eigenvalue weighted by atomic mass is 10.2. The molecule has 8 nitrogen and oxygen atoms in total. The molecular formula is C24H22FN3O5. The predicted molar refractivity (Wildman–Crippen MR) is 121 cm³/mol. The molecule has 0 heterocycles. The van der Waals surface area contributed by atoms with E-state index >= 15 is 0 Å².